The number of nitrogens with zero attached hydrogens (tertiary/aromatic N) is 1. The second-order valence-corrected chi connectivity index (χ2v) is 6.22. The van der Waals surface area contributed by atoms with Gasteiger partial charge in [-0.2, -0.15) is 0 Å². The Hall–Kier alpha value is -1.67. The van der Waals surface area contributed by atoms with Gasteiger partial charge in [0.15, 0.2) is 5.17 Å². The van der Waals surface area contributed by atoms with Gasteiger partial charge in [0.25, 0.3) is 5.91 Å². The first-order valence-electron chi connectivity index (χ1n) is 6.64. The van der Waals surface area contributed by atoms with E-state index in [2.05, 4.69) is 41.2 Å². The Morgan fingerprint density at radius 1 is 1.65 bits per heavy atom. The second-order valence-electron chi connectivity index (χ2n) is 5.10. The van der Waals surface area contributed by atoms with Gasteiger partial charge in [-0.05, 0) is 38.7 Å². The summed E-state index contributed by atoms with van der Waals surface area (Å²) >= 11 is 1.60. The lowest BCUT2D eigenvalue weighted by molar-refractivity contribution is -0.115. The van der Waals surface area contributed by atoms with Crippen LogP contribution < -0.4 is 11.1 Å². The summed E-state index contributed by atoms with van der Waals surface area (Å²) in [5.41, 5.74) is 6.46. The molecule has 0 aromatic heterocycles. The third kappa shape index (κ3) is 3.45. The molecule has 20 heavy (non-hydrogen) atoms. The van der Waals surface area contributed by atoms with Crippen molar-refractivity contribution in [3.05, 3.63) is 23.9 Å². The van der Waals surface area contributed by atoms with E-state index in [0.717, 1.165) is 24.3 Å². The maximum absolute atomic E-state index is 11.5. The predicted molar refractivity (Wildman–Crippen MR) is 84.0 cm³/mol. The first-order valence-corrected chi connectivity index (χ1v) is 7.62. The number of amidine groups is 1. The summed E-state index contributed by atoms with van der Waals surface area (Å²) in [6, 6.07) is 0. The van der Waals surface area contributed by atoms with Gasteiger partial charge in [-0.15, -0.1) is 0 Å². The third-order valence-electron chi connectivity index (χ3n) is 3.59. The van der Waals surface area contributed by atoms with Gasteiger partial charge in [-0.25, -0.2) is 0 Å². The molecule has 106 valence electrons. The minimum Gasteiger partial charge on any atom is -0.379 e. The molecule has 0 bridgehead atoms. The van der Waals surface area contributed by atoms with Crippen LogP contribution in [0.3, 0.4) is 0 Å². The first kappa shape index (κ1) is 14.7. The summed E-state index contributed by atoms with van der Waals surface area (Å²) in [4.78, 5) is 16.1. The lowest BCUT2D eigenvalue weighted by Crippen LogP contribution is -2.38. The summed E-state index contributed by atoms with van der Waals surface area (Å²) in [7, 11) is 0. The number of nitrogens with two attached hydrogens (primary N) is 1. The van der Waals surface area contributed by atoms with E-state index in [-0.39, 0.29) is 17.4 Å². The fourth-order valence-electron chi connectivity index (χ4n) is 2.45. The minimum absolute atomic E-state index is 0.188. The lowest BCUT2D eigenvalue weighted by Gasteiger charge is -2.36. The van der Waals surface area contributed by atoms with E-state index < -0.39 is 0 Å². The van der Waals surface area contributed by atoms with Crippen molar-refractivity contribution in [1.82, 2.24) is 5.32 Å². The number of rotatable bonds is 2. The molecule has 0 radical (unpaired) electrons. The predicted octanol–water partition coefficient (Wildman–Crippen LogP) is 1.80. The van der Waals surface area contributed by atoms with Crippen LogP contribution in [0.25, 0.3) is 0 Å². The average Bonchev–Trinajstić information content (AvgIpc) is 2.39. The maximum atomic E-state index is 11.5. The SMILES string of the molecule is CC#CC(=O)NC1=CC([C@]2(C)CCSC(N)=N2)CC=C1. The standard InChI is InChI=1S/C15H19N3OS/c1-3-5-13(19)17-12-7-4-6-11(10-12)15(2)8-9-20-14(16)18-15/h4,7,10-11H,6,8-9H2,1-2H3,(H2,16,18)(H,17,19)/t11?,15-/m0/s1. The van der Waals surface area contributed by atoms with Crippen molar-refractivity contribution < 1.29 is 4.79 Å². The summed E-state index contributed by atoms with van der Waals surface area (Å²) in [6.45, 7) is 3.77. The van der Waals surface area contributed by atoms with Crippen molar-refractivity contribution in [3.63, 3.8) is 0 Å². The lowest BCUT2D eigenvalue weighted by atomic mass is 9.79. The van der Waals surface area contributed by atoms with Crippen LogP contribution in [0.4, 0.5) is 0 Å². The monoisotopic (exact) mass is 289 g/mol. The molecule has 3 N–H and O–H groups in total. The Morgan fingerprint density at radius 3 is 3.15 bits per heavy atom. The molecule has 1 aliphatic heterocycles. The van der Waals surface area contributed by atoms with E-state index in [0.29, 0.717) is 5.17 Å². The van der Waals surface area contributed by atoms with Gasteiger partial charge in [0, 0.05) is 17.4 Å². The van der Waals surface area contributed by atoms with Gasteiger partial charge >= 0.3 is 0 Å². The normalized spacial score (nSPS) is 28.8. The molecule has 4 nitrogen and oxygen atoms in total. The van der Waals surface area contributed by atoms with Gasteiger partial charge in [0.1, 0.15) is 0 Å². The summed E-state index contributed by atoms with van der Waals surface area (Å²) in [5.74, 6) is 6.02. The van der Waals surface area contributed by atoms with E-state index in [1.54, 1.807) is 18.7 Å². The molecule has 2 rings (SSSR count). The van der Waals surface area contributed by atoms with E-state index in [4.69, 9.17) is 5.73 Å². The summed E-state index contributed by atoms with van der Waals surface area (Å²) < 4.78 is 0. The molecule has 0 spiro atoms. The van der Waals surface area contributed by atoms with Crippen molar-refractivity contribution in [2.75, 3.05) is 5.75 Å². The van der Waals surface area contributed by atoms with E-state index in [1.807, 2.05) is 6.08 Å². The zero-order valence-corrected chi connectivity index (χ0v) is 12.6. The van der Waals surface area contributed by atoms with Crippen molar-refractivity contribution in [2.45, 2.75) is 32.2 Å². The Kier molecular flexibility index (Phi) is 4.56. The van der Waals surface area contributed by atoms with Gasteiger partial charge < -0.3 is 11.1 Å². The molecule has 1 aliphatic carbocycles. The minimum atomic E-state index is -0.281. The molecule has 0 saturated carbocycles. The highest BCUT2D eigenvalue weighted by Gasteiger charge is 2.35. The van der Waals surface area contributed by atoms with Crippen molar-refractivity contribution in [2.24, 2.45) is 16.6 Å². The molecule has 0 aromatic carbocycles. The average molecular weight is 289 g/mol. The fourth-order valence-corrected chi connectivity index (χ4v) is 3.44. The number of allylic oxidation sites excluding steroid dienone is 2. The van der Waals surface area contributed by atoms with Crippen LogP contribution in [0.5, 0.6) is 0 Å². The van der Waals surface area contributed by atoms with Crippen LogP contribution in [0.2, 0.25) is 0 Å². The van der Waals surface area contributed by atoms with Crippen LogP contribution in [0.1, 0.15) is 26.7 Å². The largest absolute Gasteiger partial charge is 0.379 e. The van der Waals surface area contributed by atoms with Crippen LogP contribution in [-0.4, -0.2) is 22.4 Å². The molecule has 0 fully saturated rings. The molecular formula is C15H19N3OS. The molecule has 5 heteroatoms. The number of hydrogen-bond acceptors (Lipinski definition) is 4. The summed E-state index contributed by atoms with van der Waals surface area (Å²) in [6.07, 6.45) is 7.96. The van der Waals surface area contributed by atoms with Crippen molar-refractivity contribution in [1.29, 1.82) is 0 Å². The molecule has 0 aromatic rings. The molecule has 1 heterocycles. The Bertz CT molecular complexity index is 553. The smallest absolute Gasteiger partial charge is 0.300 e. The highest BCUT2D eigenvalue weighted by atomic mass is 32.2. The van der Waals surface area contributed by atoms with E-state index in [1.165, 1.54) is 0 Å². The molecular weight excluding hydrogens is 270 g/mol. The fraction of sp³-hybridized carbons (Fsp3) is 0.467. The van der Waals surface area contributed by atoms with Gasteiger partial charge in [0.2, 0.25) is 0 Å². The van der Waals surface area contributed by atoms with E-state index >= 15 is 0 Å². The van der Waals surface area contributed by atoms with E-state index in [9.17, 15) is 4.79 Å². The van der Waals surface area contributed by atoms with Crippen molar-refractivity contribution in [3.8, 4) is 11.8 Å². The maximum Gasteiger partial charge on any atom is 0.300 e. The number of hydrogen-bond donors (Lipinski definition) is 2. The number of amides is 1. The van der Waals surface area contributed by atoms with Gasteiger partial charge in [-0.1, -0.05) is 29.8 Å². The third-order valence-corrected chi connectivity index (χ3v) is 4.38. The number of nitrogens with one attached hydrogen (secondary N) is 1. The summed E-state index contributed by atoms with van der Waals surface area (Å²) in [5, 5.41) is 3.45. The Balaban J connectivity index is 2.15. The molecule has 2 aliphatic rings. The van der Waals surface area contributed by atoms with Crippen LogP contribution in [-0.2, 0) is 4.79 Å². The number of carbonyl (C=O) groups excluding carboxylic acids is 1. The zero-order valence-electron chi connectivity index (χ0n) is 11.8. The Labute approximate surface area is 124 Å². The van der Waals surface area contributed by atoms with Crippen LogP contribution in [0, 0.1) is 17.8 Å². The number of aliphatic imine (C=N–C) groups is 1. The first-order chi connectivity index (χ1) is 9.53. The number of thioether (sulfide) groups is 1. The van der Waals surface area contributed by atoms with Crippen LogP contribution in [0.15, 0.2) is 28.9 Å². The highest BCUT2D eigenvalue weighted by Crippen LogP contribution is 2.36. The molecule has 1 amide bonds. The van der Waals surface area contributed by atoms with Crippen LogP contribution >= 0.6 is 11.8 Å². The number of carbonyl (C=O) groups is 1. The second kappa shape index (κ2) is 6.19. The topological polar surface area (TPSA) is 67.5 Å². The highest BCUT2D eigenvalue weighted by molar-refractivity contribution is 8.13. The van der Waals surface area contributed by atoms with Gasteiger partial charge in [-0.3, -0.25) is 9.79 Å². The Morgan fingerprint density at radius 2 is 2.45 bits per heavy atom. The quantitative estimate of drug-likeness (QED) is 0.762. The van der Waals surface area contributed by atoms with Gasteiger partial charge in [0.05, 0.1) is 5.54 Å². The molecule has 0 saturated heterocycles. The van der Waals surface area contributed by atoms with Crippen molar-refractivity contribution >= 4 is 22.8 Å². The molecule has 1 unspecified atom stereocenters. The zero-order chi connectivity index (χ0) is 14.6. The molecule has 2 atom stereocenters.